The standard InChI is InChI=1S/C10H18N4O2S.2Na/c1-2-3-4-5-6-7-8(9(15)16)14-10(17)11-12-13-14;;/h8H,2-7H2,1H3,(H,15,16)(H,11,13,17);;. The van der Waals surface area contributed by atoms with Gasteiger partial charge in [0.25, 0.3) is 0 Å². The Morgan fingerprint density at radius 1 is 1.37 bits per heavy atom. The second-order valence-electron chi connectivity index (χ2n) is 4.01. The molecule has 0 amide bonds. The molecule has 19 heavy (non-hydrogen) atoms. The second kappa shape index (κ2) is 12.5. The molecule has 1 unspecified atom stereocenters. The summed E-state index contributed by atoms with van der Waals surface area (Å²) in [7, 11) is 0. The monoisotopic (exact) mass is 304 g/mol. The summed E-state index contributed by atoms with van der Waals surface area (Å²) in [5.74, 6) is -0.900. The summed E-state index contributed by atoms with van der Waals surface area (Å²) in [6.07, 6.45) is 6.00. The molecule has 6 nitrogen and oxygen atoms in total. The van der Waals surface area contributed by atoms with Gasteiger partial charge in [0.2, 0.25) is 4.77 Å². The summed E-state index contributed by atoms with van der Waals surface area (Å²) in [6.45, 7) is 2.15. The SMILES string of the molecule is CCCCCCCC(C(=O)O)n1[nH]nnc1=S.[Na].[Na]. The maximum absolute atomic E-state index is 11.1. The third-order valence-electron chi connectivity index (χ3n) is 2.67. The van der Waals surface area contributed by atoms with Crippen molar-refractivity contribution in [2.75, 3.05) is 0 Å². The van der Waals surface area contributed by atoms with Crippen molar-refractivity contribution in [2.24, 2.45) is 0 Å². The Hall–Kier alpha value is 0.760. The largest absolute Gasteiger partial charge is 0.480 e. The molecule has 2 radical (unpaired) electrons. The molecule has 2 N–H and O–H groups in total. The second-order valence-corrected chi connectivity index (χ2v) is 4.37. The van der Waals surface area contributed by atoms with Crippen molar-refractivity contribution >= 4 is 77.3 Å². The van der Waals surface area contributed by atoms with Crippen molar-refractivity contribution < 1.29 is 9.90 Å². The molecule has 1 aromatic rings. The Bertz CT molecular complexity index is 410. The molecule has 0 fully saturated rings. The maximum Gasteiger partial charge on any atom is 0.328 e. The Labute approximate surface area is 162 Å². The van der Waals surface area contributed by atoms with Gasteiger partial charge in [-0.1, -0.05) is 49.3 Å². The van der Waals surface area contributed by atoms with E-state index < -0.39 is 12.0 Å². The van der Waals surface area contributed by atoms with Crippen LogP contribution in [-0.2, 0) is 4.79 Å². The minimum Gasteiger partial charge on any atom is -0.480 e. The molecule has 0 aliphatic rings. The fraction of sp³-hybridized carbons (Fsp3) is 0.800. The zero-order valence-corrected chi connectivity index (χ0v) is 16.7. The number of hydrogen-bond donors (Lipinski definition) is 2. The van der Waals surface area contributed by atoms with Gasteiger partial charge in [-0.3, -0.25) is 0 Å². The molecule has 0 saturated carbocycles. The summed E-state index contributed by atoms with van der Waals surface area (Å²) in [6, 6.07) is -0.681. The zero-order valence-electron chi connectivity index (χ0n) is 11.9. The predicted octanol–water partition coefficient (Wildman–Crippen LogP) is 1.56. The number of unbranched alkanes of at least 4 members (excludes halogenated alkanes) is 4. The Morgan fingerprint density at radius 3 is 2.47 bits per heavy atom. The molecule has 0 aromatic carbocycles. The summed E-state index contributed by atoms with van der Waals surface area (Å²) >= 11 is 4.90. The number of carboxylic acids is 1. The Kier molecular flexibility index (Phi) is 14.5. The first-order valence-electron chi connectivity index (χ1n) is 5.89. The first kappa shape index (κ1) is 22.0. The molecule has 98 valence electrons. The molecule has 0 aliphatic heterocycles. The smallest absolute Gasteiger partial charge is 0.328 e. The molecule has 1 heterocycles. The van der Waals surface area contributed by atoms with Gasteiger partial charge in [0, 0.05) is 59.1 Å². The van der Waals surface area contributed by atoms with Crippen LogP contribution in [0.25, 0.3) is 0 Å². The van der Waals surface area contributed by atoms with Gasteiger partial charge in [-0.15, -0.1) is 0 Å². The third kappa shape index (κ3) is 7.94. The number of hydrogen-bond acceptors (Lipinski definition) is 4. The number of carboxylic acid groups (broad SMARTS) is 1. The number of H-pyrrole nitrogens is 1. The van der Waals surface area contributed by atoms with Crippen LogP contribution < -0.4 is 0 Å². The van der Waals surface area contributed by atoms with E-state index >= 15 is 0 Å². The van der Waals surface area contributed by atoms with Crippen molar-refractivity contribution in [2.45, 2.75) is 51.5 Å². The fourth-order valence-electron chi connectivity index (χ4n) is 1.71. The van der Waals surface area contributed by atoms with E-state index in [4.69, 9.17) is 17.3 Å². The van der Waals surface area contributed by atoms with Crippen LogP contribution in [0.3, 0.4) is 0 Å². The number of carbonyl (C=O) groups is 1. The average molecular weight is 304 g/mol. The summed E-state index contributed by atoms with van der Waals surface area (Å²) in [4.78, 5) is 11.1. The molecule has 9 heteroatoms. The van der Waals surface area contributed by atoms with Crippen LogP contribution in [0.5, 0.6) is 0 Å². The number of aromatic nitrogens is 4. The van der Waals surface area contributed by atoms with E-state index in [0.29, 0.717) is 6.42 Å². The Balaban J connectivity index is 0. The van der Waals surface area contributed by atoms with E-state index in [0.717, 1.165) is 19.3 Å². The van der Waals surface area contributed by atoms with Gasteiger partial charge < -0.3 is 5.11 Å². The number of nitrogens with zero attached hydrogens (tertiary/aromatic N) is 3. The van der Waals surface area contributed by atoms with Gasteiger partial charge in [0.15, 0.2) is 6.04 Å². The van der Waals surface area contributed by atoms with Crippen LogP contribution in [0, 0.1) is 4.77 Å². The zero-order chi connectivity index (χ0) is 12.7. The van der Waals surface area contributed by atoms with Crippen molar-refractivity contribution in [3.05, 3.63) is 4.77 Å². The summed E-state index contributed by atoms with van der Waals surface area (Å²) < 4.78 is 1.52. The number of nitrogens with one attached hydrogen (secondary N) is 1. The maximum atomic E-state index is 11.1. The molecule has 0 aliphatic carbocycles. The van der Waals surface area contributed by atoms with E-state index in [-0.39, 0.29) is 63.9 Å². The third-order valence-corrected chi connectivity index (χ3v) is 2.95. The normalized spacial score (nSPS) is 11.2. The molecule has 1 atom stereocenters. The van der Waals surface area contributed by atoms with Crippen LogP contribution in [0.1, 0.15) is 51.5 Å². The summed E-state index contributed by atoms with van der Waals surface area (Å²) in [5.41, 5.74) is 0. The van der Waals surface area contributed by atoms with E-state index in [1.165, 1.54) is 17.5 Å². The molecular formula is C10H18N4Na2O2S. The molecular weight excluding hydrogens is 286 g/mol. The van der Waals surface area contributed by atoms with Gasteiger partial charge in [-0.25, -0.2) is 9.48 Å². The number of aliphatic carboxylic acids is 1. The minimum absolute atomic E-state index is 0. The van der Waals surface area contributed by atoms with Crippen molar-refractivity contribution in [1.29, 1.82) is 0 Å². The quantitative estimate of drug-likeness (QED) is 0.432. The number of aromatic amines is 1. The van der Waals surface area contributed by atoms with E-state index in [1.54, 1.807) is 0 Å². The van der Waals surface area contributed by atoms with Crippen LogP contribution in [0.4, 0.5) is 0 Å². The molecule has 1 aromatic heterocycles. The van der Waals surface area contributed by atoms with Crippen molar-refractivity contribution in [3.8, 4) is 0 Å². The van der Waals surface area contributed by atoms with Gasteiger partial charge in [0.05, 0.1) is 0 Å². The first-order chi connectivity index (χ1) is 8.16. The summed E-state index contributed by atoms with van der Waals surface area (Å²) in [5, 5.41) is 18.7. The number of rotatable bonds is 8. The van der Waals surface area contributed by atoms with E-state index in [1.807, 2.05) is 0 Å². The molecule has 0 bridgehead atoms. The minimum atomic E-state index is -0.900. The van der Waals surface area contributed by atoms with E-state index in [9.17, 15) is 4.79 Å². The van der Waals surface area contributed by atoms with Gasteiger partial charge in [0.1, 0.15) is 0 Å². The molecule has 0 saturated heterocycles. The fourth-order valence-corrected chi connectivity index (χ4v) is 1.92. The predicted molar refractivity (Wildman–Crippen MR) is 76.8 cm³/mol. The number of tetrazole rings is 1. The van der Waals surface area contributed by atoms with Crippen molar-refractivity contribution in [1.82, 2.24) is 20.2 Å². The van der Waals surface area contributed by atoms with Crippen molar-refractivity contribution in [3.63, 3.8) is 0 Å². The van der Waals surface area contributed by atoms with Gasteiger partial charge >= 0.3 is 5.97 Å². The molecule has 1 rings (SSSR count). The Morgan fingerprint density at radius 2 is 2.00 bits per heavy atom. The average Bonchev–Trinajstić information content (AvgIpc) is 2.69. The van der Waals surface area contributed by atoms with Gasteiger partial charge in [-0.05, 0) is 18.6 Å². The molecule has 0 spiro atoms. The van der Waals surface area contributed by atoms with Crippen LogP contribution in [0.2, 0.25) is 0 Å². The van der Waals surface area contributed by atoms with Gasteiger partial charge in [-0.2, -0.15) is 5.21 Å². The van der Waals surface area contributed by atoms with E-state index in [2.05, 4.69) is 22.4 Å². The van der Waals surface area contributed by atoms with Crippen LogP contribution in [-0.4, -0.2) is 90.4 Å². The van der Waals surface area contributed by atoms with Crippen LogP contribution >= 0.6 is 12.2 Å². The van der Waals surface area contributed by atoms with Crippen LogP contribution in [0.15, 0.2) is 0 Å². The topological polar surface area (TPSA) is 83.8 Å². The first-order valence-corrected chi connectivity index (χ1v) is 6.30.